The number of benzene rings is 1. The van der Waals surface area contributed by atoms with E-state index >= 15 is 0 Å². The molecule has 0 aliphatic heterocycles. The molecule has 1 aromatic rings. The molecule has 1 rings (SSSR count). The van der Waals surface area contributed by atoms with Crippen molar-refractivity contribution in [3.63, 3.8) is 0 Å². The summed E-state index contributed by atoms with van der Waals surface area (Å²) < 4.78 is 9.85. The van der Waals surface area contributed by atoms with Crippen molar-refractivity contribution in [1.29, 1.82) is 0 Å². The minimum Gasteiger partial charge on any atom is -0.359 e. The number of rotatable bonds is 5. The van der Waals surface area contributed by atoms with E-state index in [4.69, 9.17) is 21.1 Å². The first-order chi connectivity index (χ1) is 6.77. The first-order valence-corrected chi connectivity index (χ1v) is 4.47. The molecule has 0 heterocycles. The number of hydrogen-bond donors (Lipinski definition) is 0. The molecular formula is C10H11ClO3. The molecule has 0 aliphatic carbocycles. The van der Waals surface area contributed by atoms with Crippen LogP contribution in [0.1, 0.15) is 11.7 Å². The molecule has 0 aromatic heterocycles. The molecular weight excluding hydrogens is 204 g/mol. The van der Waals surface area contributed by atoms with E-state index in [-0.39, 0.29) is 6.79 Å². The lowest BCUT2D eigenvalue weighted by molar-refractivity contribution is -0.128. The van der Waals surface area contributed by atoms with Gasteiger partial charge in [0.2, 0.25) is 0 Å². The molecule has 0 fully saturated rings. The van der Waals surface area contributed by atoms with Gasteiger partial charge < -0.3 is 14.3 Å². The van der Waals surface area contributed by atoms with Gasteiger partial charge >= 0.3 is 0 Å². The first kappa shape index (κ1) is 11.2. The van der Waals surface area contributed by atoms with Crippen molar-refractivity contribution in [2.45, 2.75) is 6.10 Å². The van der Waals surface area contributed by atoms with Crippen LogP contribution in [0.5, 0.6) is 0 Å². The van der Waals surface area contributed by atoms with E-state index in [1.807, 2.05) is 0 Å². The third-order valence-corrected chi connectivity index (χ3v) is 1.94. The SMILES string of the molecule is COCOC(C=O)c1ccc(Cl)cc1. The van der Waals surface area contributed by atoms with E-state index in [1.54, 1.807) is 24.3 Å². The molecule has 14 heavy (non-hydrogen) atoms. The highest BCUT2D eigenvalue weighted by Gasteiger charge is 2.09. The van der Waals surface area contributed by atoms with Crippen LogP contribution in [0.4, 0.5) is 0 Å². The Morgan fingerprint density at radius 1 is 1.43 bits per heavy atom. The number of hydrogen-bond acceptors (Lipinski definition) is 3. The number of carbonyl (C=O) groups excluding carboxylic acids is 1. The third kappa shape index (κ3) is 3.10. The summed E-state index contributed by atoms with van der Waals surface area (Å²) in [5.41, 5.74) is 0.765. The van der Waals surface area contributed by atoms with Crippen LogP contribution >= 0.6 is 11.6 Å². The van der Waals surface area contributed by atoms with E-state index in [9.17, 15) is 4.79 Å². The topological polar surface area (TPSA) is 35.5 Å². The van der Waals surface area contributed by atoms with Crippen LogP contribution < -0.4 is 0 Å². The molecule has 0 aliphatic rings. The van der Waals surface area contributed by atoms with Crippen LogP contribution in [-0.2, 0) is 14.3 Å². The van der Waals surface area contributed by atoms with Crippen LogP contribution in [0.3, 0.4) is 0 Å². The number of methoxy groups -OCH3 is 1. The maximum absolute atomic E-state index is 10.7. The monoisotopic (exact) mass is 214 g/mol. The van der Waals surface area contributed by atoms with Gasteiger partial charge in [-0.1, -0.05) is 23.7 Å². The third-order valence-electron chi connectivity index (χ3n) is 1.69. The second kappa shape index (κ2) is 5.75. The van der Waals surface area contributed by atoms with E-state index in [1.165, 1.54) is 7.11 Å². The summed E-state index contributed by atoms with van der Waals surface area (Å²) in [6, 6.07) is 6.92. The zero-order chi connectivity index (χ0) is 10.4. The molecule has 76 valence electrons. The lowest BCUT2D eigenvalue weighted by Gasteiger charge is -2.10. The minimum atomic E-state index is -0.591. The van der Waals surface area contributed by atoms with Crippen molar-refractivity contribution < 1.29 is 14.3 Å². The number of ether oxygens (including phenoxy) is 2. The van der Waals surface area contributed by atoms with Gasteiger partial charge in [-0.25, -0.2) is 0 Å². The average molecular weight is 215 g/mol. The molecule has 0 saturated heterocycles. The molecule has 0 amide bonds. The van der Waals surface area contributed by atoms with Crippen LogP contribution in [0, 0.1) is 0 Å². The minimum absolute atomic E-state index is 0.0893. The van der Waals surface area contributed by atoms with Gasteiger partial charge in [0, 0.05) is 12.1 Å². The molecule has 1 aromatic carbocycles. The molecule has 4 heteroatoms. The Morgan fingerprint density at radius 3 is 2.57 bits per heavy atom. The fourth-order valence-electron chi connectivity index (χ4n) is 1.01. The Kier molecular flexibility index (Phi) is 4.59. The molecule has 0 N–H and O–H groups in total. The van der Waals surface area contributed by atoms with Crippen LogP contribution in [0.25, 0.3) is 0 Å². The van der Waals surface area contributed by atoms with E-state index in [0.29, 0.717) is 5.02 Å². The maximum Gasteiger partial charge on any atom is 0.153 e. The van der Waals surface area contributed by atoms with Gasteiger partial charge in [0.25, 0.3) is 0 Å². The van der Waals surface area contributed by atoms with Crippen molar-refractivity contribution in [1.82, 2.24) is 0 Å². The Morgan fingerprint density at radius 2 is 2.07 bits per heavy atom. The Hall–Kier alpha value is -0.900. The fraction of sp³-hybridized carbons (Fsp3) is 0.300. The van der Waals surface area contributed by atoms with Crippen molar-refractivity contribution in [3.8, 4) is 0 Å². The molecule has 1 unspecified atom stereocenters. The number of aldehydes is 1. The Balaban J connectivity index is 2.68. The number of halogens is 1. The predicted molar refractivity (Wildman–Crippen MR) is 53.2 cm³/mol. The molecule has 0 radical (unpaired) electrons. The Bertz CT molecular complexity index is 284. The smallest absolute Gasteiger partial charge is 0.153 e. The van der Waals surface area contributed by atoms with Gasteiger partial charge in [-0.3, -0.25) is 0 Å². The largest absolute Gasteiger partial charge is 0.359 e. The second-order valence-corrected chi connectivity index (χ2v) is 3.12. The lowest BCUT2D eigenvalue weighted by Crippen LogP contribution is -2.07. The van der Waals surface area contributed by atoms with Gasteiger partial charge in [-0.2, -0.15) is 0 Å². The van der Waals surface area contributed by atoms with Crippen LogP contribution in [0.2, 0.25) is 5.02 Å². The fourth-order valence-corrected chi connectivity index (χ4v) is 1.13. The van der Waals surface area contributed by atoms with E-state index in [2.05, 4.69) is 0 Å². The van der Waals surface area contributed by atoms with Crippen molar-refractivity contribution in [2.24, 2.45) is 0 Å². The maximum atomic E-state index is 10.7. The highest BCUT2D eigenvalue weighted by atomic mass is 35.5. The van der Waals surface area contributed by atoms with Crippen molar-refractivity contribution >= 4 is 17.9 Å². The van der Waals surface area contributed by atoms with Gasteiger partial charge in [-0.15, -0.1) is 0 Å². The summed E-state index contributed by atoms with van der Waals surface area (Å²) >= 11 is 5.71. The predicted octanol–water partition coefficient (Wildman–Crippen LogP) is 2.20. The molecule has 1 atom stereocenters. The van der Waals surface area contributed by atoms with Crippen molar-refractivity contribution in [3.05, 3.63) is 34.9 Å². The quantitative estimate of drug-likeness (QED) is 0.557. The standard InChI is InChI=1S/C10H11ClO3/c1-13-7-14-10(6-12)8-2-4-9(11)5-3-8/h2-6,10H,7H2,1H3. The summed E-state index contributed by atoms with van der Waals surface area (Å²) in [4.78, 5) is 10.7. The summed E-state index contributed by atoms with van der Waals surface area (Å²) in [7, 11) is 1.50. The molecule has 0 spiro atoms. The molecule has 3 nitrogen and oxygen atoms in total. The second-order valence-electron chi connectivity index (χ2n) is 2.68. The Labute approximate surface area is 87.6 Å². The molecule has 0 saturated carbocycles. The number of carbonyl (C=O) groups is 1. The van der Waals surface area contributed by atoms with E-state index < -0.39 is 6.10 Å². The average Bonchev–Trinajstić information content (AvgIpc) is 2.21. The summed E-state index contributed by atoms with van der Waals surface area (Å²) in [6.45, 7) is 0.0893. The van der Waals surface area contributed by atoms with Crippen molar-refractivity contribution in [2.75, 3.05) is 13.9 Å². The first-order valence-electron chi connectivity index (χ1n) is 4.09. The summed E-state index contributed by atoms with van der Waals surface area (Å²) in [5, 5.41) is 0.630. The van der Waals surface area contributed by atoms with E-state index in [0.717, 1.165) is 11.8 Å². The van der Waals surface area contributed by atoms with Gasteiger partial charge in [0.15, 0.2) is 6.29 Å². The highest BCUT2D eigenvalue weighted by molar-refractivity contribution is 6.30. The summed E-state index contributed by atoms with van der Waals surface area (Å²) in [6.07, 6.45) is 0.134. The summed E-state index contributed by atoms with van der Waals surface area (Å²) in [5.74, 6) is 0. The van der Waals surface area contributed by atoms with Gasteiger partial charge in [-0.05, 0) is 17.7 Å². The van der Waals surface area contributed by atoms with Gasteiger partial charge in [0.05, 0.1) is 0 Å². The lowest BCUT2D eigenvalue weighted by atomic mass is 10.1. The normalized spacial score (nSPS) is 12.4. The highest BCUT2D eigenvalue weighted by Crippen LogP contribution is 2.17. The van der Waals surface area contributed by atoms with Crippen LogP contribution in [0.15, 0.2) is 24.3 Å². The zero-order valence-electron chi connectivity index (χ0n) is 7.77. The zero-order valence-corrected chi connectivity index (χ0v) is 8.53. The molecule has 0 bridgehead atoms. The van der Waals surface area contributed by atoms with Gasteiger partial charge in [0.1, 0.15) is 12.9 Å². The van der Waals surface area contributed by atoms with Crippen LogP contribution in [-0.4, -0.2) is 20.2 Å².